The molecule has 0 radical (unpaired) electrons. The van der Waals surface area contributed by atoms with Crippen LogP contribution in [0.15, 0.2) is 4.52 Å². The molecule has 1 aromatic rings. The number of rotatable bonds is 3. The van der Waals surface area contributed by atoms with E-state index in [1.165, 1.54) is 12.8 Å². The summed E-state index contributed by atoms with van der Waals surface area (Å²) in [4.78, 5) is 6.75. The second kappa shape index (κ2) is 4.74. The van der Waals surface area contributed by atoms with Gasteiger partial charge in [0.25, 0.3) is 0 Å². The van der Waals surface area contributed by atoms with Crippen molar-refractivity contribution in [2.75, 3.05) is 19.6 Å². The molecule has 2 N–H and O–H groups in total. The molecule has 2 rings (SSSR count). The van der Waals surface area contributed by atoms with Crippen molar-refractivity contribution in [1.82, 2.24) is 15.0 Å². The molecule has 1 aliphatic heterocycles. The monoisotopic (exact) mass is 238 g/mol. The predicted octanol–water partition coefficient (Wildman–Crippen LogP) is 1.46. The van der Waals surface area contributed by atoms with Gasteiger partial charge < -0.3 is 15.2 Å². The predicted molar refractivity (Wildman–Crippen MR) is 65.6 cm³/mol. The van der Waals surface area contributed by atoms with Crippen LogP contribution in [0.2, 0.25) is 0 Å². The first-order valence-electron chi connectivity index (χ1n) is 6.29. The van der Waals surface area contributed by atoms with Crippen LogP contribution in [0.1, 0.15) is 51.4 Å². The molecule has 0 amide bonds. The van der Waals surface area contributed by atoms with Crippen molar-refractivity contribution < 1.29 is 4.52 Å². The van der Waals surface area contributed by atoms with Crippen LogP contribution in [-0.2, 0) is 5.41 Å². The summed E-state index contributed by atoms with van der Waals surface area (Å²) in [5.41, 5.74) is 5.99. The molecule has 1 aromatic heterocycles. The minimum atomic E-state index is -0.145. The molecule has 1 fully saturated rings. The molecule has 0 aliphatic carbocycles. The zero-order valence-electron chi connectivity index (χ0n) is 10.9. The fourth-order valence-electron chi connectivity index (χ4n) is 2.02. The molecule has 1 unspecified atom stereocenters. The number of nitrogens with two attached hydrogens (primary N) is 1. The van der Waals surface area contributed by atoms with Gasteiger partial charge in [0.2, 0.25) is 5.89 Å². The van der Waals surface area contributed by atoms with Crippen molar-refractivity contribution in [1.29, 1.82) is 0 Å². The number of hydrogen-bond acceptors (Lipinski definition) is 5. The van der Waals surface area contributed by atoms with Crippen molar-refractivity contribution in [3.63, 3.8) is 0 Å². The SMILES string of the molecule is CC(C)(C)c1nc(C(N)CN2CCCC2)no1. The van der Waals surface area contributed by atoms with Gasteiger partial charge in [0.1, 0.15) is 0 Å². The van der Waals surface area contributed by atoms with Gasteiger partial charge in [-0.3, -0.25) is 0 Å². The molecule has 5 nitrogen and oxygen atoms in total. The number of likely N-dealkylation sites (tertiary alicyclic amines) is 1. The lowest BCUT2D eigenvalue weighted by Crippen LogP contribution is -2.30. The lowest BCUT2D eigenvalue weighted by molar-refractivity contribution is 0.298. The topological polar surface area (TPSA) is 68.2 Å². The van der Waals surface area contributed by atoms with E-state index in [2.05, 4.69) is 35.8 Å². The third kappa shape index (κ3) is 3.04. The third-order valence-electron chi connectivity index (χ3n) is 3.07. The average molecular weight is 238 g/mol. The molecule has 5 heteroatoms. The summed E-state index contributed by atoms with van der Waals surface area (Å²) in [5, 5.41) is 3.99. The molecule has 0 bridgehead atoms. The Morgan fingerprint density at radius 3 is 2.53 bits per heavy atom. The van der Waals surface area contributed by atoms with Gasteiger partial charge in [0.15, 0.2) is 5.82 Å². The zero-order valence-corrected chi connectivity index (χ0v) is 10.9. The Morgan fingerprint density at radius 2 is 2.00 bits per heavy atom. The lowest BCUT2D eigenvalue weighted by atomic mass is 9.97. The van der Waals surface area contributed by atoms with Crippen LogP contribution in [0.5, 0.6) is 0 Å². The third-order valence-corrected chi connectivity index (χ3v) is 3.07. The van der Waals surface area contributed by atoms with E-state index in [9.17, 15) is 0 Å². The molecule has 17 heavy (non-hydrogen) atoms. The van der Waals surface area contributed by atoms with Crippen LogP contribution in [0.25, 0.3) is 0 Å². The summed E-state index contributed by atoms with van der Waals surface area (Å²) in [7, 11) is 0. The second-order valence-corrected chi connectivity index (χ2v) is 5.82. The maximum atomic E-state index is 6.10. The largest absolute Gasteiger partial charge is 0.339 e. The van der Waals surface area contributed by atoms with Gasteiger partial charge in [-0.2, -0.15) is 4.98 Å². The molecular formula is C12H22N4O. The first-order chi connectivity index (χ1) is 7.97. The van der Waals surface area contributed by atoms with E-state index < -0.39 is 0 Å². The molecular weight excluding hydrogens is 216 g/mol. The smallest absolute Gasteiger partial charge is 0.232 e. The van der Waals surface area contributed by atoms with Crippen molar-refractivity contribution in [2.45, 2.75) is 45.1 Å². The highest BCUT2D eigenvalue weighted by Gasteiger charge is 2.25. The Morgan fingerprint density at radius 1 is 1.35 bits per heavy atom. The second-order valence-electron chi connectivity index (χ2n) is 5.82. The Hall–Kier alpha value is -0.940. The fraction of sp³-hybridized carbons (Fsp3) is 0.833. The van der Waals surface area contributed by atoms with Crippen LogP contribution >= 0.6 is 0 Å². The minimum Gasteiger partial charge on any atom is -0.339 e. The summed E-state index contributed by atoms with van der Waals surface area (Å²) in [6, 6.07) is -0.145. The summed E-state index contributed by atoms with van der Waals surface area (Å²) < 4.78 is 5.26. The molecule has 1 saturated heterocycles. The van der Waals surface area contributed by atoms with E-state index in [0.717, 1.165) is 19.6 Å². The van der Waals surface area contributed by atoms with E-state index in [1.807, 2.05) is 0 Å². The van der Waals surface area contributed by atoms with Gasteiger partial charge in [-0.25, -0.2) is 0 Å². The molecule has 0 aromatic carbocycles. The zero-order chi connectivity index (χ0) is 12.5. The van der Waals surface area contributed by atoms with Gasteiger partial charge in [-0.05, 0) is 25.9 Å². The van der Waals surface area contributed by atoms with Crippen LogP contribution in [0.3, 0.4) is 0 Å². The van der Waals surface area contributed by atoms with E-state index >= 15 is 0 Å². The Balaban J connectivity index is 1.99. The first-order valence-corrected chi connectivity index (χ1v) is 6.29. The summed E-state index contributed by atoms with van der Waals surface area (Å²) >= 11 is 0. The number of hydrogen-bond donors (Lipinski definition) is 1. The van der Waals surface area contributed by atoms with E-state index in [0.29, 0.717) is 11.7 Å². The van der Waals surface area contributed by atoms with Gasteiger partial charge in [0, 0.05) is 12.0 Å². The molecule has 1 atom stereocenters. The maximum absolute atomic E-state index is 6.10. The minimum absolute atomic E-state index is 0.112. The quantitative estimate of drug-likeness (QED) is 0.863. The van der Waals surface area contributed by atoms with Gasteiger partial charge in [-0.15, -0.1) is 0 Å². The van der Waals surface area contributed by atoms with Crippen LogP contribution in [0.4, 0.5) is 0 Å². The Bertz CT molecular complexity index is 363. The summed E-state index contributed by atoms with van der Waals surface area (Å²) in [5.74, 6) is 1.28. The molecule has 96 valence electrons. The van der Waals surface area contributed by atoms with Crippen LogP contribution in [0, 0.1) is 0 Å². The van der Waals surface area contributed by atoms with Crippen molar-refractivity contribution in [2.24, 2.45) is 5.73 Å². The average Bonchev–Trinajstić information content (AvgIpc) is 2.85. The number of aromatic nitrogens is 2. The first kappa shape index (κ1) is 12.5. The highest BCUT2D eigenvalue weighted by Crippen LogP contribution is 2.21. The number of nitrogens with zero attached hydrogens (tertiary/aromatic N) is 3. The molecule has 1 aliphatic rings. The maximum Gasteiger partial charge on any atom is 0.232 e. The van der Waals surface area contributed by atoms with E-state index in [1.54, 1.807) is 0 Å². The van der Waals surface area contributed by atoms with Crippen LogP contribution < -0.4 is 5.73 Å². The van der Waals surface area contributed by atoms with Crippen molar-refractivity contribution in [3.8, 4) is 0 Å². The van der Waals surface area contributed by atoms with Crippen molar-refractivity contribution in [3.05, 3.63) is 11.7 Å². The van der Waals surface area contributed by atoms with Gasteiger partial charge in [-0.1, -0.05) is 25.9 Å². The highest BCUT2D eigenvalue weighted by molar-refractivity contribution is 5.01. The van der Waals surface area contributed by atoms with Gasteiger partial charge >= 0.3 is 0 Å². The molecule has 2 heterocycles. The molecule has 0 spiro atoms. The van der Waals surface area contributed by atoms with E-state index in [4.69, 9.17) is 10.3 Å². The Labute approximate surface area is 102 Å². The van der Waals surface area contributed by atoms with E-state index in [-0.39, 0.29) is 11.5 Å². The Kier molecular flexibility index (Phi) is 3.49. The van der Waals surface area contributed by atoms with Crippen LogP contribution in [-0.4, -0.2) is 34.7 Å². The fourth-order valence-corrected chi connectivity index (χ4v) is 2.02. The normalized spacial score (nSPS) is 19.8. The molecule has 0 saturated carbocycles. The standard InChI is InChI=1S/C12H22N4O/c1-12(2,3)11-14-10(15-17-11)9(13)8-16-6-4-5-7-16/h9H,4-8,13H2,1-3H3. The van der Waals surface area contributed by atoms with Gasteiger partial charge in [0.05, 0.1) is 6.04 Å². The summed E-state index contributed by atoms with van der Waals surface area (Å²) in [6.45, 7) is 9.25. The lowest BCUT2D eigenvalue weighted by Gasteiger charge is -2.17. The highest BCUT2D eigenvalue weighted by atomic mass is 16.5. The summed E-state index contributed by atoms with van der Waals surface area (Å²) in [6.07, 6.45) is 2.54. The van der Waals surface area contributed by atoms with Crippen molar-refractivity contribution >= 4 is 0 Å².